The van der Waals surface area contributed by atoms with Crippen LogP contribution >= 0.6 is 0 Å². The third-order valence-electron chi connectivity index (χ3n) is 5.52. The van der Waals surface area contributed by atoms with Gasteiger partial charge in [0.05, 0.1) is 6.42 Å². The molecule has 0 saturated carbocycles. The Morgan fingerprint density at radius 3 is 2.92 bits per heavy atom. The molecule has 0 spiro atoms. The maximum Gasteiger partial charge on any atom is 0.224 e. The van der Waals surface area contributed by atoms with Crippen LogP contribution in [0.15, 0.2) is 12.1 Å². The van der Waals surface area contributed by atoms with Gasteiger partial charge in [0.25, 0.3) is 0 Å². The largest absolute Gasteiger partial charge is 0.396 e. The van der Waals surface area contributed by atoms with Gasteiger partial charge in [-0.1, -0.05) is 11.6 Å². The summed E-state index contributed by atoms with van der Waals surface area (Å²) in [6.07, 6.45) is 2.65. The van der Waals surface area contributed by atoms with E-state index in [9.17, 15) is 9.90 Å². The molecule has 2 aromatic rings. The predicted octanol–water partition coefficient (Wildman–Crippen LogP) is 2.46. The highest BCUT2D eigenvalue weighted by atomic mass is 16.3. The van der Waals surface area contributed by atoms with Gasteiger partial charge in [-0.25, -0.2) is 0 Å². The molecule has 0 radical (unpaired) electrons. The third-order valence-corrected chi connectivity index (χ3v) is 5.52. The molecule has 1 aromatic carbocycles. The fourth-order valence-electron chi connectivity index (χ4n) is 4.14. The van der Waals surface area contributed by atoms with Crippen molar-refractivity contribution < 1.29 is 9.90 Å². The van der Waals surface area contributed by atoms with Crippen LogP contribution in [-0.2, 0) is 11.2 Å². The van der Waals surface area contributed by atoms with Crippen LogP contribution < -0.4 is 5.32 Å². The molecule has 5 nitrogen and oxygen atoms in total. The Kier molecular flexibility index (Phi) is 5.99. The number of carbonyl (C=O) groups excluding carboxylic acids is 1. The van der Waals surface area contributed by atoms with Gasteiger partial charge in [0.15, 0.2) is 0 Å². The van der Waals surface area contributed by atoms with E-state index in [-0.39, 0.29) is 12.5 Å². The molecule has 0 unspecified atom stereocenters. The van der Waals surface area contributed by atoms with Crippen molar-refractivity contribution in [3.8, 4) is 0 Å². The van der Waals surface area contributed by atoms with Crippen molar-refractivity contribution in [2.45, 2.75) is 40.0 Å². The van der Waals surface area contributed by atoms with E-state index in [0.29, 0.717) is 18.9 Å². The molecule has 1 saturated heterocycles. The Hall–Kier alpha value is -1.85. The Balaban J connectivity index is 1.57. The van der Waals surface area contributed by atoms with Gasteiger partial charge in [-0.2, -0.15) is 0 Å². The number of aromatic nitrogens is 1. The van der Waals surface area contributed by atoms with Gasteiger partial charge in [-0.3, -0.25) is 4.79 Å². The average Bonchev–Trinajstić information content (AvgIpc) is 2.91. The number of amides is 1. The second-order valence-corrected chi connectivity index (χ2v) is 7.75. The van der Waals surface area contributed by atoms with Crippen LogP contribution in [0, 0.1) is 26.7 Å². The van der Waals surface area contributed by atoms with E-state index in [1.807, 2.05) is 6.92 Å². The van der Waals surface area contributed by atoms with Crippen LogP contribution in [0.3, 0.4) is 0 Å². The standard InChI is InChI=1S/C21H31N3O2/c1-14-9-15(2)21-19(10-14)18(16(3)23-21)11-20(26)22-6-8-24-7-4-5-17(12-24)13-25/h9-10,17,23,25H,4-8,11-13H2,1-3H3,(H,22,26)/t17-/m0/s1. The minimum Gasteiger partial charge on any atom is -0.396 e. The molecule has 26 heavy (non-hydrogen) atoms. The molecule has 0 bridgehead atoms. The first-order chi connectivity index (χ1) is 12.5. The van der Waals surface area contributed by atoms with Gasteiger partial charge in [0.2, 0.25) is 5.91 Å². The zero-order valence-corrected chi connectivity index (χ0v) is 16.2. The minimum absolute atomic E-state index is 0.0730. The molecule has 142 valence electrons. The number of aryl methyl sites for hydroxylation is 3. The normalized spacial score (nSPS) is 18.4. The number of likely N-dealkylation sites (tertiary alicyclic amines) is 1. The monoisotopic (exact) mass is 357 g/mol. The van der Waals surface area contributed by atoms with Crippen LogP contribution in [0.25, 0.3) is 10.9 Å². The lowest BCUT2D eigenvalue weighted by atomic mass is 9.99. The predicted molar refractivity (Wildman–Crippen MR) is 105 cm³/mol. The molecule has 1 amide bonds. The molecule has 0 aliphatic carbocycles. The van der Waals surface area contributed by atoms with Crippen LogP contribution in [0.5, 0.6) is 0 Å². The molecular formula is C21H31N3O2. The summed E-state index contributed by atoms with van der Waals surface area (Å²) < 4.78 is 0. The number of fused-ring (bicyclic) bond motifs is 1. The number of H-pyrrole nitrogens is 1. The molecule has 3 N–H and O–H groups in total. The summed E-state index contributed by atoms with van der Waals surface area (Å²) in [6, 6.07) is 4.33. The summed E-state index contributed by atoms with van der Waals surface area (Å²) in [4.78, 5) is 18.2. The summed E-state index contributed by atoms with van der Waals surface area (Å²) in [5, 5.41) is 13.5. The number of nitrogens with zero attached hydrogens (tertiary/aromatic N) is 1. The highest BCUT2D eigenvalue weighted by molar-refractivity contribution is 5.92. The van der Waals surface area contributed by atoms with E-state index < -0.39 is 0 Å². The lowest BCUT2D eigenvalue weighted by Crippen LogP contribution is -2.41. The lowest BCUT2D eigenvalue weighted by Gasteiger charge is -2.31. The smallest absolute Gasteiger partial charge is 0.224 e. The summed E-state index contributed by atoms with van der Waals surface area (Å²) in [7, 11) is 0. The number of hydrogen-bond acceptors (Lipinski definition) is 3. The van der Waals surface area contributed by atoms with Crippen molar-refractivity contribution in [1.29, 1.82) is 0 Å². The Bertz CT molecular complexity index is 781. The molecule has 1 aliphatic rings. The van der Waals surface area contributed by atoms with Gasteiger partial charge < -0.3 is 20.3 Å². The number of benzene rings is 1. The summed E-state index contributed by atoms with van der Waals surface area (Å²) in [5.41, 5.74) is 5.75. The van der Waals surface area contributed by atoms with E-state index in [1.165, 1.54) is 11.1 Å². The first kappa shape index (κ1) is 18.9. The Morgan fingerprint density at radius 2 is 2.15 bits per heavy atom. The van der Waals surface area contributed by atoms with Crippen LogP contribution in [0.1, 0.15) is 35.2 Å². The summed E-state index contributed by atoms with van der Waals surface area (Å²) >= 11 is 0. The minimum atomic E-state index is 0.0730. The zero-order valence-electron chi connectivity index (χ0n) is 16.2. The maximum atomic E-state index is 12.5. The van der Waals surface area contributed by atoms with E-state index in [4.69, 9.17) is 0 Å². The van der Waals surface area contributed by atoms with E-state index in [0.717, 1.165) is 54.6 Å². The van der Waals surface area contributed by atoms with Crippen LogP contribution in [0.2, 0.25) is 0 Å². The van der Waals surface area contributed by atoms with Crippen molar-refractivity contribution in [1.82, 2.24) is 15.2 Å². The Labute approximate surface area is 155 Å². The molecule has 3 rings (SSSR count). The van der Waals surface area contributed by atoms with Crippen molar-refractivity contribution in [3.63, 3.8) is 0 Å². The molecule has 5 heteroatoms. The fourth-order valence-corrected chi connectivity index (χ4v) is 4.14. The van der Waals surface area contributed by atoms with Gasteiger partial charge in [0.1, 0.15) is 0 Å². The number of aromatic amines is 1. The number of aliphatic hydroxyl groups is 1. The molecular weight excluding hydrogens is 326 g/mol. The van der Waals surface area contributed by atoms with E-state index in [1.54, 1.807) is 0 Å². The maximum absolute atomic E-state index is 12.5. The third kappa shape index (κ3) is 4.27. The van der Waals surface area contributed by atoms with E-state index >= 15 is 0 Å². The average molecular weight is 357 g/mol. The number of carbonyl (C=O) groups is 1. The molecule has 1 aliphatic heterocycles. The second kappa shape index (κ2) is 8.23. The summed E-state index contributed by atoms with van der Waals surface area (Å²) in [6.45, 7) is 10.0. The fraction of sp³-hybridized carbons (Fsp3) is 0.571. The number of aliphatic hydroxyl groups excluding tert-OH is 1. The number of nitrogens with one attached hydrogen (secondary N) is 2. The molecule has 2 heterocycles. The number of piperidine rings is 1. The first-order valence-corrected chi connectivity index (χ1v) is 9.66. The van der Waals surface area contributed by atoms with Crippen molar-refractivity contribution in [2.24, 2.45) is 5.92 Å². The second-order valence-electron chi connectivity index (χ2n) is 7.75. The van der Waals surface area contributed by atoms with Crippen LogP contribution in [0.4, 0.5) is 0 Å². The van der Waals surface area contributed by atoms with Gasteiger partial charge in [-0.05, 0) is 63.3 Å². The highest BCUT2D eigenvalue weighted by Gasteiger charge is 2.19. The lowest BCUT2D eigenvalue weighted by molar-refractivity contribution is -0.120. The highest BCUT2D eigenvalue weighted by Crippen LogP contribution is 2.26. The van der Waals surface area contributed by atoms with Gasteiger partial charge >= 0.3 is 0 Å². The van der Waals surface area contributed by atoms with E-state index in [2.05, 4.69) is 41.2 Å². The first-order valence-electron chi connectivity index (χ1n) is 9.66. The zero-order chi connectivity index (χ0) is 18.7. The van der Waals surface area contributed by atoms with Crippen molar-refractivity contribution >= 4 is 16.8 Å². The van der Waals surface area contributed by atoms with Gasteiger partial charge in [-0.15, -0.1) is 0 Å². The Morgan fingerprint density at radius 1 is 1.35 bits per heavy atom. The van der Waals surface area contributed by atoms with Crippen LogP contribution in [-0.4, -0.2) is 53.7 Å². The molecule has 1 fully saturated rings. The number of hydrogen-bond donors (Lipinski definition) is 3. The number of rotatable bonds is 6. The topological polar surface area (TPSA) is 68.4 Å². The van der Waals surface area contributed by atoms with Gasteiger partial charge in [0, 0.05) is 42.8 Å². The van der Waals surface area contributed by atoms with Crippen molar-refractivity contribution in [2.75, 3.05) is 32.8 Å². The summed E-state index contributed by atoms with van der Waals surface area (Å²) in [5.74, 6) is 0.462. The quantitative estimate of drug-likeness (QED) is 0.744. The molecule has 1 aromatic heterocycles. The van der Waals surface area contributed by atoms with Crippen molar-refractivity contribution in [3.05, 3.63) is 34.5 Å². The SMILES string of the molecule is Cc1cc(C)c2[nH]c(C)c(CC(=O)NCCN3CCC[C@H](CO)C3)c2c1. The molecule has 1 atom stereocenters.